The zero-order valence-electron chi connectivity index (χ0n) is 16.3. The molecule has 2 aliphatic heterocycles. The van der Waals surface area contributed by atoms with Gasteiger partial charge in [-0.25, -0.2) is 0 Å². The largest absolute Gasteiger partial charge is 0.497 e. The molecule has 5 heteroatoms. The van der Waals surface area contributed by atoms with E-state index in [0.29, 0.717) is 18.2 Å². The maximum atomic E-state index is 12.3. The number of likely N-dealkylation sites (tertiary alicyclic amines) is 1. The number of carbonyl (C=O) groups is 2. The highest BCUT2D eigenvalue weighted by molar-refractivity contribution is 6.52. The quantitative estimate of drug-likeness (QED) is 0.722. The highest BCUT2D eigenvalue weighted by atomic mass is 16.5. The molecule has 0 radical (unpaired) electrons. The lowest BCUT2D eigenvalue weighted by atomic mass is 9.90. The molecule has 2 aromatic rings. The van der Waals surface area contributed by atoms with Gasteiger partial charge in [-0.1, -0.05) is 24.3 Å². The molecule has 0 bridgehead atoms. The van der Waals surface area contributed by atoms with Gasteiger partial charge < -0.3 is 4.74 Å². The smallest absolute Gasteiger partial charge is 0.300 e. The number of ketones is 1. The highest BCUT2D eigenvalue weighted by Crippen LogP contribution is 2.30. The highest BCUT2D eigenvalue weighted by Gasteiger charge is 2.36. The van der Waals surface area contributed by atoms with Crippen molar-refractivity contribution in [3.63, 3.8) is 0 Å². The van der Waals surface area contributed by atoms with Crippen molar-refractivity contribution < 1.29 is 14.3 Å². The van der Waals surface area contributed by atoms with Gasteiger partial charge in [0.15, 0.2) is 0 Å². The summed E-state index contributed by atoms with van der Waals surface area (Å²) in [5, 5.41) is 0. The lowest BCUT2D eigenvalue weighted by molar-refractivity contribution is -0.114. The molecule has 0 N–H and O–H groups in total. The van der Waals surface area contributed by atoms with E-state index in [4.69, 9.17) is 4.74 Å². The average molecular weight is 378 g/mol. The lowest BCUT2D eigenvalue weighted by Crippen LogP contribution is -2.44. The maximum absolute atomic E-state index is 12.3. The first-order chi connectivity index (χ1) is 13.7. The molecule has 0 aliphatic carbocycles. The Morgan fingerprint density at radius 3 is 2.43 bits per heavy atom. The molecule has 2 aromatic carbocycles. The minimum Gasteiger partial charge on any atom is -0.497 e. The zero-order chi connectivity index (χ0) is 19.5. The topological polar surface area (TPSA) is 49.9 Å². The van der Waals surface area contributed by atoms with Gasteiger partial charge in [-0.3, -0.25) is 19.4 Å². The van der Waals surface area contributed by atoms with E-state index in [0.717, 1.165) is 43.8 Å². The van der Waals surface area contributed by atoms with Crippen LogP contribution in [-0.2, 0) is 11.2 Å². The molecule has 2 aliphatic rings. The summed E-state index contributed by atoms with van der Waals surface area (Å²) in [6, 6.07) is 15.6. The molecule has 28 heavy (non-hydrogen) atoms. The first-order valence-electron chi connectivity index (χ1n) is 9.96. The Morgan fingerprint density at radius 2 is 1.71 bits per heavy atom. The second kappa shape index (κ2) is 8.15. The molecule has 0 unspecified atom stereocenters. The van der Waals surface area contributed by atoms with E-state index in [1.54, 1.807) is 18.1 Å². The summed E-state index contributed by atoms with van der Waals surface area (Å²) in [4.78, 5) is 28.4. The van der Waals surface area contributed by atoms with Gasteiger partial charge in [0.2, 0.25) is 0 Å². The second-order valence-electron chi connectivity index (χ2n) is 7.67. The number of rotatable bonds is 6. The van der Waals surface area contributed by atoms with Crippen molar-refractivity contribution in [1.29, 1.82) is 0 Å². The molecule has 1 saturated heterocycles. The molecule has 0 spiro atoms. The number of aryl methyl sites for hydroxylation is 1. The van der Waals surface area contributed by atoms with Crippen LogP contribution in [0.2, 0.25) is 0 Å². The van der Waals surface area contributed by atoms with Crippen LogP contribution in [0, 0.1) is 5.92 Å². The Bertz CT molecular complexity index is 854. The third-order valence-electron chi connectivity index (χ3n) is 5.93. The normalized spacial score (nSPS) is 17.8. The predicted molar refractivity (Wildman–Crippen MR) is 109 cm³/mol. The number of hydrogen-bond acceptors (Lipinski definition) is 4. The fraction of sp³-hybridized carbons (Fsp3) is 0.391. The van der Waals surface area contributed by atoms with Crippen molar-refractivity contribution in [2.75, 3.05) is 31.8 Å². The van der Waals surface area contributed by atoms with Crippen LogP contribution in [0.5, 0.6) is 5.75 Å². The first-order valence-corrected chi connectivity index (χ1v) is 9.96. The summed E-state index contributed by atoms with van der Waals surface area (Å²) >= 11 is 0. The van der Waals surface area contributed by atoms with Gasteiger partial charge in [0, 0.05) is 13.1 Å². The van der Waals surface area contributed by atoms with Crippen LogP contribution in [0.25, 0.3) is 0 Å². The fourth-order valence-corrected chi connectivity index (χ4v) is 4.17. The summed E-state index contributed by atoms with van der Waals surface area (Å²) in [7, 11) is 1.69. The number of Topliss-reactive ketones (excluding diaryl/α,β-unsaturated/α-hetero) is 1. The Hall–Kier alpha value is -2.66. The number of fused-ring (bicyclic) bond motifs is 1. The van der Waals surface area contributed by atoms with Crippen molar-refractivity contribution in [3.8, 4) is 5.75 Å². The summed E-state index contributed by atoms with van der Waals surface area (Å²) in [5.41, 5.74) is 2.63. The lowest BCUT2D eigenvalue weighted by Gasteiger charge is -2.34. The SMILES string of the molecule is COc1ccc(CCC2CCN(CN3C(=O)C(=O)c4ccccc43)CC2)cc1. The van der Waals surface area contributed by atoms with E-state index in [-0.39, 0.29) is 5.78 Å². The maximum Gasteiger partial charge on any atom is 0.300 e. The Balaban J connectivity index is 1.27. The molecular formula is C23H26N2O3. The van der Waals surface area contributed by atoms with Crippen molar-refractivity contribution in [2.24, 2.45) is 5.92 Å². The molecule has 0 aromatic heterocycles. The van der Waals surface area contributed by atoms with Crippen molar-refractivity contribution in [2.45, 2.75) is 25.7 Å². The molecule has 5 nitrogen and oxygen atoms in total. The molecular weight excluding hydrogens is 352 g/mol. The molecule has 1 amide bonds. The van der Waals surface area contributed by atoms with Crippen LogP contribution in [0.4, 0.5) is 5.69 Å². The van der Waals surface area contributed by atoms with Gasteiger partial charge in [-0.15, -0.1) is 0 Å². The number of benzene rings is 2. The summed E-state index contributed by atoms with van der Waals surface area (Å²) in [5.74, 6) is 0.822. The van der Waals surface area contributed by atoms with E-state index < -0.39 is 5.91 Å². The van der Waals surface area contributed by atoms with Crippen LogP contribution >= 0.6 is 0 Å². The van der Waals surface area contributed by atoms with Gasteiger partial charge >= 0.3 is 5.91 Å². The van der Waals surface area contributed by atoms with Crippen LogP contribution in [0.3, 0.4) is 0 Å². The average Bonchev–Trinajstić information content (AvgIpc) is 2.99. The minimum atomic E-state index is -0.400. The number of nitrogens with zero attached hydrogens (tertiary/aromatic N) is 2. The molecule has 146 valence electrons. The van der Waals surface area contributed by atoms with Gasteiger partial charge in [0.25, 0.3) is 5.78 Å². The summed E-state index contributed by atoms with van der Waals surface area (Å²) < 4.78 is 5.21. The predicted octanol–water partition coefficient (Wildman–Crippen LogP) is 3.53. The number of ether oxygens (including phenoxy) is 1. The Kier molecular flexibility index (Phi) is 5.44. The third kappa shape index (κ3) is 3.80. The van der Waals surface area contributed by atoms with E-state index >= 15 is 0 Å². The van der Waals surface area contributed by atoms with Crippen LogP contribution in [-0.4, -0.2) is 43.5 Å². The van der Waals surface area contributed by atoms with E-state index in [1.807, 2.05) is 30.3 Å². The van der Waals surface area contributed by atoms with Crippen LogP contribution in [0.1, 0.15) is 35.2 Å². The standard InChI is InChI=1S/C23H26N2O3/c1-28-19-10-8-17(9-11-19)6-7-18-12-14-24(15-13-18)16-25-21-5-3-2-4-20(21)22(26)23(25)27/h2-5,8-11,18H,6-7,12-16H2,1H3. The van der Waals surface area contributed by atoms with E-state index in [9.17, 15) is 9.59 Å². The third-order valence-corrected chi connectivity index (χ3v) is 5.93. The van der Waals surface area contributed by atoms with Crippen molar-refractivity contribution >= 4 is 17.4 Å². The van der Waals surface area contributed by atoms with Crippen molar-refractivity contribution in [1.82, 2.24) is 4.90 Å². The summed E-state index contributed by atoms with van der Waals surface area (Å²) in [6.45, 7) is 2.44. The molecule has 0 atom stereocenters. The van der Waals surface area contributed by atoms with Crippen LogP contribution in [0.15, 0.2) is 48.5 Å². The Morgan fingerprint density at radius 1 is 1.00 bits per heavy atom. The number of para-hydroxylation sites is 1. The molecule has 2 heterocycles. The van der Waals surface area contributed by atoms with E-state index in [1.165, 1.54) is 12.0 Å². The molecule has 0 saturated carbocycles. The fourth-order valence-electron chi connectivity index (χ4n) is 4.17. The first kappa shape index (κ1) is 18.7. The number of methoxy groups -OCH3 is 1. The number of amides is 1. The number of carbonyl (C=O) groups excluding carboxylic acids is 2. The minimum absolute atomic E-state index is 0.384. The van der Waals surface area contributed by atoms with Gasteiger partial charge in [0.05, 0.1) is 25.0 Å². The van der Waals surface area contributed by atoms with Crippen molar-refractivity contribution in [3.05, 3.63) is 59.7 Å². The van der Waals surface area contributed by atoms with E-state index in [2.05, 4.69) is 17.0 Å². The van der Waals surface area contributed by atoms with Gasteiger partial charge in [-0.05, 0) is 61.4 Å². The molecule has 4 rings (SSSR count). The molecule has 1 fully saturated rings. The van der Waals surface area contributed by atoms with Gasteiger partial charge in [0.1, 0.15) is 5.75 Å². The summed E-state index contributed by atoms with van der Waals surface area (Å²) in [6.07, 6.45) is 4.53. The monoisotopic (exact) mass is 378 g/mol. The number of anilines is 1. The number of piperidine rings is 1. The Labute approximate surface area is 165 Å². The second-order valence-corrected chi connectivity index (χ2v) is 7.67. The number of hydrogen-bond donors (Lipinski definition) is 0. The zero-order valence-corrected chi connectivity index (χ0v) is 16.3. The van der Waals surface area contributed by atoms with Crippen LogP contribution < -0.4 is 9.64 Å². The van der Waals surface area contributed by atoms with Gasteiger partial charge in [-0.2, -0.15) is 0 Å².